The van der Waals surface area contributed by atoms with Gasteiger partial charge in [-0.05, 0) is 29.3 Å². The maximum atomic E-state index is 13.0. The van der Waals surface area contributed by atoms with Gasteiger partial charge in [-0.2, -0.15) is 18.0 Å². The van der Waals surface area contributed by atoms with Crippen LogP contribution in [-0.2, 0) is 13.1 Å². The van der Waals surface area contributed by atoms with E-state index in [1.165, 1.54) is 12.1 Å². The lowest BCUT2D eigenvalue weighted by Crippen LogP contribution is -2.25. The molecule has 1 N–H and O–H groups in total. The average Bonchev–Trinajstić information content (AvgIpc) is 3.05. The summed E-state index contributed by atoms with van der Waals surface area (Å²) in [7, 11) is 0. The van der Waals surface area contributed by atoms with Gasteiger partial charge in [0.15, 0.2) is 12.4 Å². The van der Waals surface area contributed by atoms with Gasteiger partial charge in [-0.3, -0.25) is 4.90 Å². The number of hydrogen-bond acceptors (Lipinski definition) is 5. The number of aromatic nitrogens is 4. The molecule has 0 amide bonds. The zero-order valence-electron chi connectivity index (χ0n) is 12.5. The SMILES string of the molecule is O[C@H]1C[C@@H](c2ccc(F)cc2)N(Cc2nnn(CC(F)(F)F)n2)C1. The molecule has 10 heteroatoms. The maximum Gasteiger partial charge on any atom is 0.409 e. The molecule has 6 nitrogen and oxygen atoms in total. The normalized spacial score (nSPS) is 22.2. The first-order chi connectivity index (χ1) is 11.3. The van der Waals surface area contributed by atoms with Crippen LogP contribution in [0, 0.1) is 5.82 Å². The van der Waals surface area contributed by atoms with Crippen molar-refractivity contribution in [2.24, 2.45) is 0 Å². The number of β-amino-alcohol motifs (C(OH)–C–C–N with tert-alkyl or cyclic N) is 1. The van der Waals surface area contributed by atoms with Crippen LogP contribution >= 0.6 is 0 Å². The van der Waals surface area contributed by atoms with Crippen molar-refractivity contribution in [1.82, 2.24) is 25.1 Å². The fourth-order valence-electron chi connectivity index (χ4n) is 2.83. The van der Waals surface area contributed by atoms with Gasteiger partial charge in [-0.15, -0.1) is 10.2 Å². The topological polar surface area (TPSA) is 67.1 Å². The molecule has 1 aromatic heterocycles. The number of halogens is 4. The quantitative estimate of drug-likeness (QED) is 0.854. The maximum absolute atomic E-state index is 13.0. The van der Waals surface area contributed by atoms with Gasteiger partial charge in [-0.1, -0.05) is 12.1 Å². The van der Waals surface area contributed by atoms with Gasteiger partial charge in [0.05, 0.1) is 12.6 Å². The molecular formula is C14H15F4N5O. The summed E-state index contributed by atoms with van der Waals surface area (Å²) in [5.74, 6) is -0.221. The molecule has 0 radical (unpaired) electrons. The number of likely N-dealkylation sites (tertiary alicyclic amines) is 1. The Bertz CT molecular complexity index is 687. The van der Waals surface area contributed by atoms with E-state index in [1.807, 2.05) is 4.90 Å². The Labute approximate surface area is 134 Å². The van der Waals surface area contributed by atoms with Crippen molar-refractivity contribution < 1.29 is 22.7 Å². The number of nitrogens with zero attached hydrogens (tertiary/aromatic N) is 5. The molecular weight excluding hydrogens is 330 g/mol. The minimum Gasteiger partial charge on any atom is -0.392 e. The van der Waals surface area contributed by atoms with Crippen LogP contribution in [0.4, 0.5) is 17.6 Å². The van der Waals surface area contributed by atoms with Crippen molar-refractivity contribution in [2.45, 2.75) is 37.8 Å². The molecule has 0 unspecified atom stereocenters. The lowest BCUT2D eigenvalue weighted by atomic mass is 10.0. The standard InChI is InChI=1S/C14H15F4N5O/c15-10-3-1-9(2-4-10)12-5-11(24)6-22(12)7-13-19-21-23(20-13)8-14(16,17)18/h1-4,11-12,24H,5-8H2/t11-,12-/m0/s1. The summed E-state index contributed by atoms with van der Waals surface area (Å²) < 4.78 is 50.0. The van der Waals surface area contributed by atoms with Gasteiger partial charge in [-0.25, -0.2) is 4.39 Å². The summed E-state index contributed by atoms with van der Waals surface area (Å²) in [5, 5.41) is 20.6. The fourth-order valence-corrected chi connectivity index (χ4v) is 2.83. The van der Waals surface area contributed by atoms with E-state index in [-0.39, 0.29) is 24.2 Å². The van der Waals surface area contributed by atoms with Crippen LogP contribution in [0.1, 0.15) is 23.9 Å². The molecule has 1 saturated heterocycles. The molecule has 0 spiro atoms. The number of tetrazole rings is 1. The minimum absolute atomic E-state index is 0.139. The summed E-state index contributed by atoms with van der Waals surface area (Å²) >= 11 is 0. The molecule has 2 heterocycles. The highest BCUT2D eigenvalue weighted by Gasteiger charge is 2.33. The van der Waals surface area contributed by atoms with Gasteiger partial charge >= 0.3 is 6.18 Å². The van der Waals surface area contributed by atoms with E-state index in [4.69, 9.17) is 0 Å². The Hall–Kier alpha value is -2.07. The molecule has 0 bridgehead atoms. The lowest BCUT2D eigenvalue weighted by Gasteiger charge is -2.22. The van der Waals surface area contributed by atoms with Crippen molar-refractivity contribution in [3.05, 3.63) is 41.5 Å². The van der Waals surface area contributed by atoms with Crippen molar-refractivity contribution in [3.63, 3.8) is 0 Å². The van der Waals surface area contributed by atoms with E-state index in [2.05, 4.69) is 15.4 Å². The highest BCUT2D eigenvalue weighted by atomic mass is 19.4. The molecule has 1 fully saturated rings. The fraction of sp³-hybridized carbons (Fsp3) is 0.500. The van der Waals surface area contributed by atoms with Crippen LogP contribution in [0.3, 0.4) is 0 Å². The molecule has 3 rings (SSSR count). The zero-order chi connectivity index (χ0) is 17.3. The molecule has 2 atom stereocenters. The van der Waals surface area contributed by atoms with Crippen LogP contribution in [0.5, 0.6) is 0 Å². The first-order valence-electron chi connectivity index (χ1n) is 7.31. The highest BCUT2D eigenvalue weighted by Crippen LogP contribution is 2.33. The highest BCUT2D eigenvalue weighted by molar-refractivity contribution is 5.21. The van der Waals surface area contributed by atoms with Crippen molar-refractivity contribution in [2.75, 3.05) is 6.54 Å². The van der Waals surface area contributed by atoms with E-state index < -0.39 is 18.8 Å². The van der Waals surface area contributed by atoms with Gasteiger partial charge < -0.3 is 5.11 Å². The summed E-state index contributed by atoms with van der Waals surface area (Å²) in [5.41, 5.74) is 0.815. The molecule has 1 aromatic carbocycles. The third-order valence-corrected chi connectivity index (χ3v) is 3.80. The largest absolute Gasteiger partial charge is 0.409 e. The predicted molar refractivity (Wildman–Crippen MR) is 74.0 cm³/mol. The van der Waals surface area contributed by atoms with E-state index in [0.29, 0.717) is 17.8 Å². The second-order valence-electron chi connectivity index (χ2n) is 5.74. The first-order valence-corrected chi connectivity index (χ1v) is 7.31. The smallest absolute Gasteiger partial charge is 0.392 e. The molecule has 130 valence electrons. The summed E-state index contributed by atoms with van der Waals surface area (Å²) in [4.78, 5) is 2.33. The van der Waals surface area contributed by atoms with Crippen LogP contribution in [0.25, 0.3) is 0 Å². The van der Waals surface area contributed by atoms with Crippen LogP contribution < -0.4 is 0 Å². The van der Waals surface area contributed by atoms with Gasteiger partial charge in [0.1, 0.15) is 5.82 Å². The molecule has 0 aliphatic carbocycles. The Morgan fingerprint density at radius 2 is 1.92 bits per heavy atom. The third kappa shape index (κ3) is 4.06. The Morgan fingerprint density at radius 3 is 2.58 bits per heavy atom. The van der Waals surface area contributed by atoms with Crippen LogP contribution in [0.2, 0.25) is 0 Å². The van der Waals surface area contributed by atoms with E-state index >= 15 is 0 Å². The third-order valence-electron chi connectivity index (χ3n) is 3.80. The van der Waals surface area contributed by atoms with Gasteiger partial charge in [0, 0.05) is 12.6 Å². The Morgan fingerprint density at radius 1 is 1.21 bits per heavy atom. The second kappa shape index (κ2) is 6.44. The Balaban J connectivity index is 1.72. The number of hydrogen-bond donors (Lipinski definition) is 1. The number of aliphatic hydroxyl groups excluding tert-OH is 1. The van der Waals surface area contributed by atoms with Gasteiger partial charge in [0.2, 0.25) is 0 Å². The average molecular weight is 345 g/mol. The van der Waals surface area contributed by atoms with E-state index in [1.54, 1.807) is 12.1 Å². The minimum atomic E-state index is -4.42. The number of rotatable bonds is 4. The summed E-state index contributed by atoms with van der Waals surface area (Å²) in [6, 6.07) is 5.72. The van der Waals surface area contributed by atoms with Crippen LogP contribution in [0.15, 0.2) is 24.3 Å². The number of aliphatic hydroxyl groups is 1. The molecule has 0 saturated carbocycles. The van der Waals surface area contributed by atoms with Gasteiger partial charge in [0.25, 0.3) is 0 Å². The van der Waals surface area contributed by atoms with Crippen LogP contribution in [-0.4, -0.2) is 49.0 Å². The molecule has 2 aromatic rings. The number of alkyl halides is 3. The monoisotopic (exact) mass is 345 g/mol. The van der Waals surface area contributed by atoms with Crippen molar-refractivity contribution >= 4 is 0 Å². The lowest BCUT2D eigenvalue weighted by molar-refractivity contribution is -0.145. The summed E-state index contributed by atoms with van der Waals surface area (Å²) in [6.07, 6.45) is -4.55. The van der Waals surface area contributed by atoms with Crippen molar-refractivity contribution in [1.29, 1.82) is 0 Å². The molecule has 24 heavy (non-hydrogen) atoms. The predicted octanol–water partition coefficient (Wildman–Crippen LogP) is 1.68. The molecule has 1 aliphatic rings. The van der Waals surface area contributed by atoms with E-state index in [0.717, 1.165) is 5.56 Å². The second-order valence-corrected chi connectivity index (χ2v) is 5.74. The Kier molecular flexibility index (Phi) is 4.50. The molecule has 1 aliphatic heterocycles. The zero-order valence-corrected chi connectivity index (χ0v) is 12.5. The van der Waals surface area contributed by atoms with E-state index in [9.17, 15) is 22.7 Å². The van der Waals surface area contributed by atoms with Crippen molar-refractivity contribution in [3.8, 4) is 0 Å². The first kappa shape index (κ1) is 16.8. The summed E-state index contributed by atoms with van der Waals surface area (Å²) in [6.45, 7) is -0.823. The number of benzene rings is 1.